The maximum absolute atomic E-state index is 13.0. The van der Waals surface area contributed by atoms with E-state index in [1.54, 1.807) is 49.5 Å². The van der Waals surface area contributed by atoms with Gasteiger partial charge in [0.05, 0.1) is 17.5 Å². The van der Waals surface area contributed by atoms with E-state index in [1.807, 2.05) is 43.5 Å². The highest BCUT2D eigenvalue weighted by atomic mass is 32.2. The van der Waals surface area contributed by atoms with Crippen LogP contribution in [0.1, 0.15) is 32.4 Å². The summed E-state index contributed by atoms with van der Waals surface area (Å²) in [5.41, 5.74) is 1.92. The first kappa shape index (κ1) is 25.4. The van der Waals surface area contributed by atoms with Crippen LogP contribution < -0.4 is 0 Å². The molecule has 0 aliphatic rings. The lowest BCUT2D eigenvalue weighted by Gasteiger charge is -2.20. The first-order chi connectivity index (χ1) is 15.9. The number of pyridine rings is 1. The number of aromatic nitrogens is 4. The third-order valence-corrected chi connectivity index (χ3v) is 8.31. The molecular formula is C23H31N5O3S2. The minimum atomic E-state index is -3.57. The third kappa shape index (κ3) is 6.00. The van der Waals surface area contributed by atoms with E-state index in [2.05, 4.69) is 15.2 Å². The number of thioether (sulfide) groups is 1. The van der Waals surface area contributed by atoms with E-state index in [4.69, 9.17) is 4.74 Å². The Hall–Kier alpha value is -2.27. The van der Waals surface area contributed by atoms with Crippen molar-refractivity contribution in [2.45, 2.75) is 43.3 Å². The number of benzene rings is 1. The molecule has 0 saturated heterocycles. The van der Waals surface area contributed by atoms with Gasteiger partial charge in [0.1, 0.15) is 0 Å². The lowest BCUT2D eigenvalue weighted by atomic mass is 10.2. The maximum atomic E-state index is 13.0. The predicted octanol–water partition coefficient (Wildman–Crippen LogP) is 3.91. The Balaban J connectivity index is 1.92. The average Bonchev–Trinajstić information content (AvgIpc) is 3.25. The second-order valence-corrected chi connectivity index (χ2v) is 10.6. The molecule has 2 heterocycles. The van der Waals surface area contributed by atoms with Gasteiger partial charge in [-0.15, -0.1) is 10.2 Å². The number of nitrogens with zero attached hydrogens (tertiary/aromatic N) is 5. The van der Waals surface area contributed by atoms with Crippen LogP contribution in [0.25, 0.3) is 11.4 Å². The van der Waals surface area contributed by atoms with Crippen LogP contribution in [0, 0.1) is 0 Å². The number of ether oxygens (including phenoxy) is 1. The van der Waals surface area contributed by atoms with Gasteiger partial charge < -0.3 is 4.74 Å². The Bertz CT molecular complexity index is 1130. The molecule has 0 N–H and O–H groups in total. The molecule has 2 aromatic heterocycles. The first-order valence-corrected chi connectivity index (χ1v) is 13.4. The van der Waals surface area contributed by atoms with E-state index in [1.165, 1.54) is 9.87 Å². The fourth-order valence-electron chi connectivity index (χ4n) is 3.60. The second-order valence-electron chi connectivity index (χ2n) is 7.55. The Morgan fingerprint density at radius 3 is 2.52 bits per heavy atom. The highest BCUT2D eigenvalue weighted by Gasteiger charge is 2.24. The Morgan fingerprint density at radius 1 is 1.12 bits per heavy atom. The lowest BCUT2D eigenvalue weighted by molar-refractivity contribution is 0.159. The molecule has 0 aliphatic heterocycles. The van der Waals surface area contributed by atoms with Crippen molar-refractivity contribution in [3.8, 4) is 11.4 Å². The normalized spacial score (nSPS) is 12.9. The molecule has 0 aliphatic carbocycles. The zero-order valence-corrected chi connectivity index (χ0v) is 21.1. The molecule has 0 radical (unpaired) electrons. The second kappa shape index (κ2) is 11.7. The van der Waals surface area contributed by atoms with Crippen molar-refractivity contribution in [1.82, 2.24) is 24.1 Å². The van der Waals surface area contributed by atoms with Crippen molar-refractivity contribution in [2.75, 3.05) is 32.6 Å². The number of hydrogen-bond donors (Lipinski definition) is 0. The Kier molecular flexibility index (Phi) is 9.02. The van der Waals surface area contributed by atoms with Gasteiger partial charge >= 0.3 is 0 Å². The SMILES string of the molecule is CCN(CC)S(=O)(=O)c1cccc(-c2nnc(SCCc3ccncc3)n2C(C)COC)c1. The minimum absolute atomic E-state index is 0.0218. The maximum Gasteiger partial charge on any atom is 0.243 e. The molecule has 0 fully saturated rings. The van der Waals surface area contributed by atoms with Crippen LogP contribution in [0.2, 0.25) is 0 Å². The monoisotopic (exact) mass is 489 g/mol. The summed E-state index contributed by atoms with van der Waals surface area (Å²) in [6.07, 6.45) is 4.46. The van der Waals surface area contributed by atoms with Gasteiger partial charge in [-0.3, -0.25) is 9.55 Å². The largest absolute Gasteiger partial charge is 0.383 e. The summed E-state index contributed by atoms with van der Waals surface area (Å²) in [6.45, 7) is 7.04. The summed E-state index contributed by atoms with van der Waals surface area (Å²) < 4.78 is 34.9. The van der Waals surface area contributed by atoms with E-state index < -0.39 is 10.0 Å². The highest BCUT2D eigenvalue weighted by molar-refractivity contribution is 7.99. The van der Waals surface area contributed by atoms with E-state index >= 15 is 0 Å². The number of aryl methyl sites for hydroxylation is 1. The van der Waals surface area contributed by atoms with Crippen LogP contribution in [0.3, 0.4) is 0 Å². The van der Waals surface area contributed by atoms with Gasteiger partial charge in [-0.2, -0.15) is 4.31 Å². The topological polar surface area (TPSA) is 90.2 Å². The van der Waals surface area contributed by atoms with Gasteiger partial charge in [-0.1, -0.05) is 37.7 Å². The molecule has 1 unspecified atom stereocenters. The van der Waals surface area contributed by atoms with Gasteiger partial charge in [-0.05, 0) is 43.2 Å². The first-order valence-electron chi connectivity index (χ1n) is 11.0. The van der Waals surface area contributed by atoms with E-state index in [-0.39, 0.29) is 10.9 Å². The molecule has 3 aromatic rings. The molecule has 0 bridgehead atoms. The van der Waals surface area contributed by atoms with Crippen molar-refractivity contribution >= 4 is 21.8 Å². The molecule has 1 atom stereocenters. The van der Waals surface area contributed by atoms with Gasteiger partial charge in [0.15, 0.2) is 11.0 Å². The lowest BCUT2D eigenvalue weighted by Crippen LogP contribution is -2.30. The molecule has 0 spiro atoms. The molecule has 33 heavy (non-hydrogen) atoms. The quantitative estimate of drug-likeness (QED) is 0.356. The van der Waals surface area contributed by atoms with E-state index in [0.717, 1.165) is 17.3 Å². The average molecular weight is 490 g/mol. The molecule has 1 aromatic carbocycles. The predicted molar refractivity (Wildman–Crippen MR) is 131 cm³/mol. The van der Waals surface area contributed by atoms with Crippen molar-refractivity contribution in [3.63, 3.8) is 0 Å². The van der Waals surface area contributed by atoms with Gasteiger partial charge in [0.25, 0.3) is 0 Å². The summed E-state index contributed by atoms with van der Waals surface area (Å²) in [5, 5.41) is 9.65. The van der Waals surface area contributed by atoms with Crippen molar-refractivity contribution in [1.29, 1.82) is 0 Å². The molecular weight excluding hydrogens is 458 g/mol. The summed E-state index contributed by atoms with van der Waals surface area (Å²) in [4.78, 5) is 4.31. The number of methoxy groups -OCH3 is 1. The molecule has 10 heteroatoms. The molecule has 8 nitrogen and oxygen atoms in total. The summed E-state index contributed by atoms with van der Waals surface area (Å²) in [5.74, 6) is 1.46. The van der Waals surface area contributed by atoms with Crippen LogP contribution >= 0.6 is 11.8 Å². The molecule has 0 amide bonds. The van der Waals surface area contributed by atoms with Gasteiger partial charge in [-0.25, -0.2) is 8.42 Å². The molecule has 178 valence electrons. The number of sulfonamides is 1. The van der Waals surface area contributed by atoms with Crippen molar-refractivity contribution in [3.05, 3.63) is 54.4 Å². The van der Waals surface area contributed by atoms with Crippen LogP contribution in [0.5, 0.6) is 0 Å². The Morgan fingerprint density at radius 2 is 1.85 bits per heavy atom. The van der Waals surface area contributed by atoms with Crippen molar-refractivity contribution < 1.29 is 13.2 Å². The van der Waals surface area contributed by atoms with E-state index in [0.29, 0.717) is 31.1 Å². The van der Waals surface area contributed by atoms with Crippen LogP contribution in [0.4, 0.5) is 0 Å². The van der Waals surface area contributed by atoms with Gasteiger partial charge in [0, 0.05) is 43.9 Å². The van der Waals surface area contributed by atoms with Gasteiger partial charge in [0.2, 0.25) is 10.0 Å². The number of rotatable bonds is 12. The summed E-state index contributed by atoms with van der Waals surface area (Å²) in [7, 11) is -1.91. The smallest absolute Gasteiger partial charge is 0.243 e. The fraction of sp³-hybridized carbons (Fsp3) is 0.435. The summed E-state index contributed by atoms with van der Waals surface area (Å²) >= 11 is 1.62. The van der Waals surface area contributed by atoms with Crippen LogP contribution in [-0.4, -0.2) is 65.0 Å². The fourth-order valence-corrected chi connectivity index (χ4v) is 6.13. The third-order valence-electron chi connectivity index (χ3n) is 5.32. The number of hydrogen-bond acceptors (Lipinski definition) is 7. The minimum Gasteiger partial charge on any atom is -0.383 e. The van der Waals surface area contributed by atoms with Crippen LogP contribution in [0.15, 0.2) is 58.8 Å². The van der Waals surface area contributed by atoms with E-state index in [9.17, 15) is 8.42 Å². The molecule has 3 rings (SSSR count). The molecule has 0 saturated carbocycles. The van der Waals surface area contributed by atoms with Crippen molar-refractivity contribution in [2.24, 2.45) is 0 Å². The Labute approximate surface area is 200 Å². The standard InChI is InChI=1S/C23H31N5O3S2/c1-5-27(6-2)33(29,30)21-9-7-8-20(16-21)22-25-26-23(28(22)18(3)17-31-4)32-15-12-19-10-13-24-14-11-19/h7-11,13-14,16,18H,5-6,12,15,17H2,1-4H3. The zero-order chi connectivity index (χ0) is 23.8. The van der Waals surface area contributed by atoms with Crippen LogP contribution in [-0.2, 0) is 21.2 Å². The summed E-state index contributed by atoms with van der Waals surface area (Å²) in [6, 6.07) is 10.9. The zero-order valence-electron chi connectivity index (χ0n) is 19.5. The highest BCUT2D eigenvalue weighted by Crippen LogP contribution is 2.30.